The van der Waals surface area contributed by atoms with E-state index in [0.717, 1.165) is 12.0 Å². The van der Waals surface area contributed by atoms with E-state index in [0.29, 0.717) is 18.2 Å². The van der Waals surface area contributed by atoms with Crippen LogP contribution in [0, 0.1) is 6.92 Å². The average molecular weight is 228 g/mol. The third-order valence-electron chi connectivity index (χ3n) is 2.52. The second kappa shape index (κ2) is 5.34. The Morgan fingerprint density at radius 1 is 1.24 bits per heavy atom. The van der Waals surface area contributed by atoms with Crippen molar-refractivity contribution in [3.05, 3.63) is 53.7 Å². The van der Waals surface area contributed by atoms with Gasteiger partial charge in [0.05, 0.1) is 18.5 Å². The van der Waals surface area contributed by atoms with E-state index >= 15 is 0 Å². The van der Waals surface area contributed by atoms with E-state index in [1.54, 1.807) is 6.20 Å². The highest BCUT2D eigenvalue weighted by molar-refractivity contribution is 5.41. The molecule has 17 heavy (non-hydrogen) atoms. The van der Waals surface area contributed by atoms with Crippen LogP contribution in [0.5, 0.6) is 5.88 Å². The normalized spacial score (nSPS) is 10.2. The van der Waals surface area contributed by atoms with Gasteiger partial charge in [-0.25, -0.2) is 4.98 Å². The molecule has 0 aliphatic heterocycles. The van der Waals surface area contributed by atoms with Crippen LogP contribution in [0.15, 0.2) is 42.6 Å². The SMILES string of the molecule is Cc1cc(N)cnc1OCCc1ccccc1. The van der Waals surface area contributed by atoms with E-state index in [1.165, 1.54) is 5.56 Å². The van der Waals surface area contributed by atoms with Crippen LogP contribution in [0.25, 0.3) is 0 Å². The lowest BCUT2D eigenvalue weighted by Gasteiger charge is -2.08. The molecule has 1 heterocycles. The van der Waals surface area contributed by atoms with Crippen molar-refractivity contribution in [3.8, 4) is 5.88 Å². The van der Waals surface area contributed by atoms with Crippen molar-refractivity contribution < 1.29 is 4.74 Å². The van der Waals surface area contributed by atoms with Crippen molar-refractivity contribution in [1.29, 1.82) is 0 Å². The monoisotopic (exact) mass is 228 g/mol. The number of hydrogen-bond donors (Lipinski definition) is 1. The van der Waals surface area contributed by atoms with Crippen molar-refractivity contribution in [3.63, 3.8) is 0 Å². The van der Waals surface area contributed by atoms with Gasteiger partial charge in [0, 0.05) is 12.0 Å². The number of hydrogen-bond acceptors (Lipinski definition) is 3. The average Bonchev–Trinajstić information content (AvgIpc) is 2.33. The van der Waals surface area contributed by atoms with Gasteiger partial charge in [-0.3, -0.25) is 0 Å². The zero-order valence-corrected chi connectivity index (χ0v) is 9.89. The Morgan fingerprint density at radius 2 is 2.00 bits per heavy atom. The number of pyridine rings is 1. The van der Waals surface area contributed by atoms with Gasteiger partial charge in [0.1, 0.15) is 0 Å². The molecule has 0 aliphatic carbocycles. The van der Waals surface area contributed by atoms with Crippen LogP contribution in [0.2, 0.25) is 0 Å². The zero-order valence-electron chi connectivity index (χ0n) is 9.89. The Hall–Kier alpha value is -2.03. The summed E-state index contributed by atoms with van der Waals surface area (Å²) in [6.45, 7) is 2.57. The van der Waals surface area contributed by atoms with Crippen LogP contribution < -0.4 is 10.5 Å². The fraction of sp³-hybridized carbons (Fsp3) is 0.214. The quantitative estimate of drug-likeness (QED) is 0.875. The lowest BCUT2D eigenvalue weighted by molar-refractivity contribution is 0.307. The minimum absolute atomic E-state index is 0.627. The molecule has 88 valence electrons. The van der Waals surface area contributed by atoms with E-state index in [-0.39, 0.29) is 0 Å². The second-order valence-electron chi connectivity index (χ2n) is 3.97. The first-order valence-corrected chi connectivity index (χ1v) is 5.64. The van der Waals surface area contributed by atoms with Gasteiger partial charge >= 0.3 is 0 Å². The third-order valence-corrected chi connectivity index (χ3v) is 2.52. The molecule has 2 rings (SSSR count). The van der Waals surface area contributed by atoms with Crippen molar-refractivity contribution >= 4 is 5.69 Å². The van der Waals surface area contributed by atoms with Gasteiger partial charge in [0.2, 0.25) is 5.88 Å². The number of rotatable bonds is 4. The van der Waals surface area contributed by atoms with Gasteiger partial charge in [-0.1, -0.05) is 30.3 Å². The van der Waals surface area contributed by atoms with Crippen LogP contribution >= 0.6 is 0 Å². The summed E-state index contributed by atoms with van der Waals surface area (Å²) in [5.74, 6) is 0.662. The van der Waals surface area contributed by atoms with Crippen LogP contribution in [-0.4, -0.2) is 11.6 Å². The summed E-state index contributed by atoms with van der Waals surface area (Å²) < 4.78 is 5.63. The number of aryl methyl sites for hydroxylation is 1. The minimum Gasteiger partial charge on any atom is -0.477 e. The van der Waals surface area contributed by atoms with Crippen LogP contribution in [0.3, 0.4) is 0 Å². The van der Waals surface area contributed by atoms with Gasteiger partial charge in [0.15, 0.2) is 0 Å². The highest BCUT2D eigenvalue weighted by Crippen LogP contribution is 2.16. The Bertz CT molecular complexity index is 483. The molecular weight excluding hydrogens is 212 g/mol. The van der Waals surface area contributed by atoms with Crippen LogP contribution in [0.4, 0.5) is 5.69 Å². The molecule has 0 saturated carbocycles. The number of aromatic nitrogens is 1. The largest absolute Gasteiger partial charge is 0.477 e. The molecule has 0 bridgehead atoms. The maximum atomic E-state index is 5.63. The molecule has 1 aromatic carbocycles. The summed E-state index contributed by atoms with van der Waals surface area (Å²) in [5.41, 5.74) is 8.53. The fourth-order valence-corrected chi connectivity index (χ4v) is 1.65. The van der Waals surface area contributed by atoms with E-state index in [9.17, 15) is 0 Å². The molecular formula is C14H16N2O. The summed E-state index contributed by atoms with van der Waals surface area (Å²) in [6.07, 6.45) is 2.50. The van der Waals surface area contributed by atoms with E-state index in [2.05, 4.69) is 17.1 Å². The number of nitrogens with two attached hydrogens (primary N) is 1. The molecule has 3 heteroatoms. The minimum atomic E-state index is 0.627. The summed E-state index contributed by atoms with van der Waals surface area (Å²) in [7, 11) is 0. The van der Waals surface area contributed by atoms with Crippen molar-refractivity contribution in [1.82, 2.24) is 4.98 Å². The molecule has 0 unspecified atom stereocenters. The smallest absolute Gasteiger partial charge is 0.216 e. The fourth-order valence-electron chi connectivity index (χ4n) is 1.65. The molecule has 2 aromatic rings. The topological polar surface area (TPSA) is 48.1 Å². The molecule has 0 amide bonds. The van der Waals surface area contributed by atoms with E-state index < -0.39 is 0 Å². The van der Waals surface area contributed by atoms with Crippen molar-refractivity contribution in [2.24, 2.45) is 0 Å². The van der Waals surface area contributed by atoms with Gasteiger partial charge < -0.3 is 10.5 Å². The molecule has 0 aliphatic rings. The molecule has 0 atom stereocenters. The predicted molar refractivity (Wildman–Crippen MR) is 69.0 cm³/mol. The standard InChI is InChI=1S/C14H16N2O/c1-11-9-13(15)10-16-14(11)17-8-7-12-5-3-2-4-6-12/h2-6,9-10H,7-8,15H2,1H3. The van der Waals surface area contributed by atoms with Gasteiger partial charge in [-0.05, 0) is 18.6 Å². The number of nitrogens with zero attached hydrogens (tertiary/aromatic N) is 1. The van der Waals surface area contributed by atoms with Crippen molar-refractivity contribution in [2.75, 3.05) is 12.3 Å². The predicted octanol–water partition coefficient (Wildman–Crippen LogP) is 2.59. The Balaban J connectivity index is 1.90. The van der Waals surface area contributed by atoms with Gasteiger partial charge in [-0.2, -0.15) is 0 Å². The zero-order chi connectivity index (χ0) is 12.1. The number of benzene rings is 1. The molecule has 3 nitrogen and oxygen atoms in total. The van der Waals surface area contributed by atoms with Crippen molar-refractivity contribution in [2.45, 2.75) is 13.3 Å². The number of nitrogen functional groups attached to an aromatic ring is 1. The molecule has 0 fully saturated rings. The van der Waals surface area contributed by atoms with E-state index in [1.807, 2.05) is 31.2 Å². The van der Waals surface area contributed by atoms with E-state index in [4.69, 9.17) is 10.5 Å². The molecule has 1 aromatic heterocycles. The first-order valence-electron chi connectivity index (χ1n) is 5.64. The second-order valence-corrected chi connectivity index (χ2v) is 3.97. The van der Waals surface area contributed by atoms with Crippen LogP contribution in [-0.2, 0) is 6.42 Å². The molecule has 2 N–H and O–H groups in total. The summed E-state index contributed by atoms with van der Waals surface area (Å²) in [5, 5.41) is 0. The lowest BCUT2D eigenvalue weighted by atomic mass is 10.2. The maximum Gasteiger partial charge on any atom is 0.216 e. The molecule has 0 spiro atoms. The maximum absolute atomic E-state index is 5.63. The number of anilines is 1. The Kier molecular flexibility index (Phi) is 3.60. The summed E-state index contributed by atoms with van der Waals surface area (Å²) in [6, 6.07) is 12.1. The summed E-state index contributed by atoms with van der Waals surface area (Å²) >= 11 is 0. The third kappa shape index (κ3) is 3.21. The molecule has 0 radical (unpaired) electrons. The molecule has 0 saturated heterocycles. The Morgan fingerprint density at radius 3 is 2.71 bits per heavy atom. The first kappa shape index (κ1) is 11.5. The van der Waals surface area contributed by atoms with Crippen LogP contribution in [0.1, 0.15) is 11.1 Å². The van der Waals surface area contributed by atoms with Gasteiger partial charge in [0.25, 0.3) is 0 Å². The number of ether oxygens (including phenoxy) is 1. The van der Waals surface area contributed by atoms with Gasteiger partial charge in [-0.15, -0.1) is 0 Å². The summed E-state index contributed by atoms with van der Waals surface area (Å²) in [4.78, 5) is 4.16. The highest BCUT2D eigenvalue weighted by Gasteiger charge is 2.01. The highest BCUT2D eigenvalue weighted by atomic mass is 16.5. The first-order chi connectivity index (χ1) is 8.25. The Labute approximate surface area is 101 Å². The lowest BCUT2D eigenvalue weighted by Crippen LogP contribution is -2.04.